The zero-order chi connectivity index (χ0) is 60.9. The number of fused-ring (bicyclic) bond motifs is 6. The van der Waals surface area contributed by atoms with Crippen molar-refractivity contribution in [1.29, 1.82) is 0 Å². The highest BCUT2D eigenvalue weighted by Gasteiger charge is 2.19. The number of hydrogen-bond donors (Lipinski definition) is 0. The molecular formula is C87H56N4O. The third kappa shape index (κ3) is 10.1. The summed E-state index contributed by atoms with van der Waals surface area (Å²) >= 11 is 0. The molecule has 17 aromatic rings. The van der Waals surface area contributed by atoms with E-state index >= 15 is 0 Å². The topological polar surface area (TPSA) is 56.7 Å². The van der Waals surface area contributed by atoms with Gasteiger partial charge < -0.3 is 8.98 Å². The smallest absolute Gasteiger partial charge is 0.164 e. The van der Waals surface area contributed by atoms with Crippen molar-refractivity contribution in [3.63, 3.8) is 0 Å². The van der Waals surface area contributed by atoms with Gasteiger partial charge >= 0.3 is 0 Å². The second-order valence-corrected chi connectivity index (χ2v) is 23.5. The van der Waals surface area contributed by atoms with Crippen molar-refractivity contribution < 1.29 is 4.42 Å². The summed E-state index contributed by atoms with van der Waals surface area (Å²) in [4.78, 5) is 15.0. The summed E-state index contributed by atoms with van der Waals surface area (Å²) in [7, 11) is 0. The molecule has 0 radical (unpaired) electrons. The molecule has 0 saturated heterocycles. The van der Waals surface area contributed by atoms with E-state index in [-0.39, 0.29) is 0 Å². The van der Waals surface area contributed by atoms with Gasteiger partial charge in [0.15, 0.2) is 17.5 Å². The maximum atomic E-state index is 6.80. The van der Waals surface area contributed by atoms with Crippen molar-refractivity contribution in [3.8, 4) is 129 Å². The average Bonchev–Trinajstić information content (AvgIpc) is 1.61. The van der Waals surface area contributed by atoms with E-state index in [2.05, 4.69) is 278 Å². The Morgan fingerprint density at radius 1 is 0.207 bits per heavy atom. The van der Waals surface area contributed by atoms with E-state index < -0.39 is 0 Å². The van der Waals surface area contributed by atoms with Crippen LogP contribution in [0.25, 0.3) is 173 Å². The van der Waals surface area contributed by atoms with Gasteiger partial charge in [0.25, 0.3) is 0 Å². The first-order valence-corrected chi connectivity index (χ1v) is 31.2. The maximum absolute atomic E-state index is 6.80. The molecule has 0 spiro atoms. The Kier molecular flexibility index (Phi) is 13.5. The lowest BCUT2D eigenvalue weighted by molar-refractivity contribution is 0.670. The molecule has 0 aliphatic carbocycles. The Hall–Kier alpha value is -12.3. The van der Waals surface area contributed by atoms with Crippen LogP contribution in [0.3, 0.4) is 0 Å². The predicted octanol–water partition coefficient (Wildman–Crippen LogP) is 23.2. The molecular weight excluding hydrogens is 1120 g/mol. The van der Waals surface area contributed by atoms with Crippen molar-refractivity contribution >= 4 is 43.7 Å². The largest absolute Gasteiger partial charge is 0.455 e. The normalized spacial score (nSPS) is 11.5. The Morgan fingerprint density at radius 2 is 0.554 bits per heavy atom. The summed E-state index contributed by atoms with van der Waals surface area (Å²) in [6.07, 6.45) is 0. The highest BCUT2D eigenvalue weighted by atomic mass is 16.3. The fraction of sp³-hybridized carbons (Fsp3) is 0. The first kappa shape index (κ1) is 53.9. The van der Waals surface area contributed by atoms with Crippen molar-refractivity contribution in [2.75, 3.05) is 0 Å². The van der Waals surface area contributed by atoms with Gasteiger partial charge in [0.1, 0.15) is 11.2 Å². The number of furan rings is 1. The van der Waals surface area contributed by atoms with E-state index in [1.54, 1.807) is 0 Å². The summed E-state index contributed by atoms with van der Waals surface area (Å²) < 4.78 is 9.20. The second-order valence-electron chi connectivity index (χ2n) is 23.5. The first-order valence-electron chi connectivity index (χ1n) is 31.2. The van der Waals surface area contributed by atoms with Gasteiger partial charge in [0.05, 0.1) is 11.0 Å². The van der Waals surface area contributed by atoms with Gasteiger partial charge in [-0.15, -0.1) is 0 Å². The van der Waals surface area contributed by atoms with Gasteiger partial charge in [-0.1, -0.05) is 255 Å². The first-order chi connectivity index (χ1) is 45.5. The SMILES string of the molecule is c1ccc(-c2cccc(-c3cccc(-c4ccc5c(c4)c4ccccc4n5-c4ccc(-c5cccc(-c6cc(-c7cccc(-c8cccc(-c9cccc(-c%10nc(-c%11ccccc%11)nc(-c%11ccccc%11)n%10)c9)c8)c7)c7oc8ccccc8c7c6)c5)cc4)c3)c2)cc1. The number of nitrogens with zero attached hydrogens (tertiary/aromatic N) is 4. The van der Waals surface area contributed by atoms with Crippen LogP contribution in [0.4, 0.5) is 0 Å². The minimum absolute atomic E-state index is 0.620. The van der Waals surface area contributed by atoms with Crippen LogP contribution >= 0.6 is 0 Å². The zero-order valence-electron chi connectivity index (χ0n) is 50.0. The zero-order valence-corrected chi connectivity index (χ0v) is 50.0. The standard InChI is InChI=1S/C87H56N4O/c1-4-20-57(21-5-1)61-26-14-28-63(48-61)64-29-17-32-67(51-64)71-44-47-82-79(54-71)76-38-10-12-40-81(76)91(82)75-45-42-58(43-46-75)62-27-15-35-70(49-62)74-55-78(84-80(56-74)77-39-11-13-41-83(77)92-84)72-36-18-33-68(52-72)65-30-16-31-66(50-65)69-34-19-37-73(53-69)87-89-85(59-22-6-2-7-23-59)88-86(90-87)60-24-8-3-9-25-60/h1-56H. The molecule has 17 rings (SSSR count). The molecule has 430 valence electrons. The highest BCUT2D eigenvalue weighted by Crippen LogP contribution is 2.43. The maximum Gasteiger partial charge on any atom is 0.164 e. The molecule has 92 heavy (non-hydrogen) atoms. The minimum atomic E-state index is 0.620. The molecule has 0 unspecified atom stereocenters. The van der Waals surface area contributed by atoms with Crippen molar-refractivity contribution in [2.24, 2.45) is 0 Å². The van der Waals surface area contributed by atoms with Crippen LogP contribution in [-0.2, 0) is 0 Å². The Balaban J connectivity index is 0.679. The number of benzene rings is 14. The molecule has 5 heteroatoms. The summed E-state index contributed by atoms with van der Waals surface area (Å²) in [6.45, 7) is 0. The third-order valence-electron chi connectivity index (χ3n) is 17.8. The molecule has 5 nitrogen and oxygen atoms in total. The van der Waals surface area contributed by atoms with Crippen LogP contribution in [0, 0.1) is 0 Å². The molecule has 0 amide bonds. The minimum Gasteiger partial charge on any atom is -0.455 e. The quantitative estimate of drug-likeness (QED) is 0.122. The van der Waals surface area contributed by atoms with E-state index in [9.17, 15) is 0 Å². The average molecular weight is 1170 g/mol. The summed E-state index contributed by atoms with van der Waals surface area (Å²) in [5.74, 6) is 1.89. The molecule has 3 heterocycles. The van der Waals surface area contributed by atoms with Crippen LogP contribution < -0.4 is 0 Å². The molecule has 0 atom stereocenters. The fourth-order valence-electron chi connectivity index (χ4n) is 13.2. The molecule has 0 fully saturated rings. The number of para-hydroxylation sites is 2. The Labute approximate surface area is 533 Å². The van der Waals surface area contributed by atoms with Crippen LogP contribution in [0.5, 0.6) is 0 Å². The Bertz CT molecular complexity index is 5570. The molecule has 0 aliphatic heterocycles. The van der Waals surface area contributed by atoms with Gasteiger partial charge in [-0.2, -0.15) is 0 Å². The molecule has 3 aromatic heterocycles. The predicted molar refractivity (Wildman–Crippen MR) is 381 cm³/mol. The van der Waals surface area contributed by atoms with Crippen LogP contribution in [-0.4, -0.2) is 19.5 Å². The molecule has 0 bridgehead atoms. The summed E-state index contributed by atoms with van der Waals surface area (Å²) in [5, 5.41) is 4.62. The van der Waals surface area contributed by atoms with E-state index in [1.165, 1.54) is 55.2 Å². The van der Waals surface area contributed by atoms with E-state index in [0.717, 1.165) is 100.0 Å². The number of hydrogen-bond acceptors (Lipinski definition) is 4. The van der Waals surface area contributed by atoms with Crippen molar-refractivity contribution in [2.45, 2.75) is 0 Å². The van der Waals surface area contributed by atoms with Crippen LogP contribution in [0.1, 0.15) is 0 Å². The molecule has 0 aliphatic rings. The third-order valence-corrected chi connectivity index (χ3v) is 17.8. The van der Waals surface area contributed by atoms with E-state index in [1.807, 2.05) is 66.7 Å². The fourth-order valence-corrected chi connectivity index (χ4v) is 13.2. The Morgan fingerprint density at radius 3 is 1.10 bits per heavy atom. The van der Waals surface area contributed by atoms with Crippen LogP contribution in [0.2, 0.25) is 0 Å². The second kappa shape index (κ2) is 23.0. The van der Waals surface area contributed by atoms with Gasteiger partial charge in [-0.25, -0.2) is 15.0 Å². The summed E-state index contributed by atoms with van der Waals surface area (Å²) in [6, 6.07) is 121. The van der Waals surface area contributed by atoms with Gasteiger partial charge in [0.2, 0.25) is 0 Å². The lowest BCUT2D eigenvalue weighted by Gasteiger charge is -2.13. The van der Waals surface area contributed by atoms with Crippen LogP contribution in [0.15, 0.2) is 344 Å². The monoisotopic (exact) mass is 1170 g/mol. The highest BCUT2D eigenvalue weighted by molar-refractivity contribution is 6.12. The molecule has 0 N–H and O–H groups in total. The van der Waals surface area contributed by atoms with E-state index in [0.29, 0.717) is 17.5 Å². The lowest BCUT2D eigenvalue weighted by Crippen LogP contribution is -2.00. The number of aromatic nitrogens is 4. The number of rotatable bonds is 12. The van der Waals surface area contributed by atoms with Gasteiger partial charge in [-0.3, -0.25) is 0 Å². The van der Waals surface area contributed by atoms with Gasteiger partial charge in [0, 0.05) is 49.5 Å². The summed E-state index contributed by atoms with van der Waals surface area (Å²) in [5.41, 5.74) is 26.2. The van der Waals surface area contributed by atoms with Crippen molar-refractivity contribution in [1.82, 2.24) is 19.5 Å². The van der Waals surface area contributed by atoms with Crippen molar-refractivity contribution in [3.05, 3.63) is 340 Å². The lowest BCUT2D eigenvalue weighted by atomic mass is 9.92. The molecule has 14 aromatic carbocycles. The van der Waals surface area contributed by atoms with E-state index in [4.69, 9.17) is 19.4 Å². The van der Waals surface area contributed by atoms with Gasteiger partial charge in [-0.05, 0) is 168 Å². The molecule has 0 saturated carbocycles.